The van der Waals surface area contributed by atoms with Crippen LogP contribution in [-0.4, -0.2) is 30.8 Å². The maximum Gasteiger partial charge on any atom is 0.573 e. The summed E-state index contributed by atoms with van der Waals surface area (Å²) < 4.78 is 42.1. The van der Waals surface area contributed by atoms with Crippen LogP contribution in [0.25, 0.3) is 10.1 Å². The van der Waals surface area contributed by atoms with Gasteiger partial charge in [0, 0.05) is 23.0 Å². The first-order chi connectivity index (χ1) is 13.8. The summed E-state index contributed by atoms with van der Waals surface area (Å²) in [6.45, 7) is 0.283. The van der Waals surface area contributed by atoms with Crippen molar-refractivity contribution in [2.45, 2.75) is 18.8 Å². The Morgan fingerprint density at radius 3 is 2.69 bits per heavy atom. The van der Waals surface area contributed by atoms with E-state index in [0.717, 1.165) is 22.2 Å². The molecule has 5 nitrogen and oxygen atoms in total. The zero-order chi connectivity index (χ0) is 20.6. The van der Waals surface area contributed by atoms with Gasteiger partial charge < -0.3 is 15.0 Å². The van der Waals surface area contributed by atoms with Crippen LogP contribution in [0.1, 0.15) is 16.1 Å². The van der Waals surface area contributed by atoms with Crippen molar-refractivity contribution in [2.75, 3.05) is 11.4 Å². The lowest BCUT2D eigenvalue weighted by Crippen LogP contribution is -2.41. The molecule has 1 fully saturated rings. The summed E-state index contributed by atoms with van der Waals surface area (Å²) in [5, 5.41) is 3.68. The van der Waals surface area contributed by atoms with E-state index in [0.29, 0.717) is 11.3 Å². The second kappa shape index (κ2) is 7.40. The monoisotopic (exact) mass is 420 g/mol. The van der Waals surface area contributed by atoms with Gasteiger partial charge in [-0.3, -0.25) is 9.59 Å². The van der Waals surface area contributed by atoms with Crippen LogP contribution < -0.4 is 15.0 Å². The van der Waals surface area contributed by atoms with Crippen molar-refractivity contribution in [3.05, 3.63) is 59.5 Å². The van der Waals surface area contributed by atoms with Crippen LogP contribution >= 0.6 is 11.3 Å². The number of nitrogens with zero attached hydrogens (tertiary/aromatic N) is 1. The van der Waals surface area contributed by atoms with Gasteiger partial charge in [-0.15, -0.1) is 24.5 Å². The molecule has 150 valence electrons. The molecule has 1 N–H and O–H groups in total. The fraction of sp³-hybridized carbons (Fsp3) is 0.200. The van der Waals surface area contributed by atoms with Crippen molar-refractivity contribution in [2.24, 2.45) is 0 Å². The van der Waals surface area contributed by atoms with Crippen LogP contribution in [0.5, 0.6) is 5.75 Å². The minimum atomic E-state index is -4.81. The number of halogens is 3. The fourth-order valence-electron chi connectivity index (χ4n) is 3.24. The second-order valence-electron chi connectivity index (χ2n) is 6.50. The lowest BCUT2D eigenvalue weighted by molar-refractivity contribution is -0.274. The Hall–Kier alpha value is -3.07. The molecule has 1 aromatic heterocycles. The van der Waals surface area contributed by atoms with Gasteiger partial charge in [0.15, 0.2) is 0 Å². The first kappa shape index (κ1) is 19.3. The molecule has 1 aliphatic rings. The van der Waals surface area contributed by atoms with E-state index in [-0.39, 0.29) is 24.0 Å². The average molecular weight is 420 g/mol. The molecule has 1 saturated heterocycles. The third-order valence-electron chi connectivity index (χ3n) is 4.52. The highest BCUT2D eigenvalue weighted by Crippen LogP contribution is 2.30. The van der Waals surface area contributed by atoms with Crippen LogP contribution in [0.4, 0.5) is 18.9 Å². The van der Waals surface area contributed by atoms with E-state index in [2.05, 4.69) is 10.1 Å². The van der Waals surface area contributed by atoms with Gasteiger partial charge in [0.1, 0.15) is 11.8 Å². The van der Waals surface area contributed by atoms with Crippen molar-refractivity contribution >= 4 is 38.9 Å². The Kier molecular flexibility index (Phi) is 4.91. The molecular weight excluding hydrogens is 405 g/mol. The van der Waals surface area contributed by atoms with E-state index in [1.165, 1.54) is 28.4 Å². The number of carbonyl (C=O) groups excluding carboxylic acids is 2. The molecule has 1 unspecified atom stereocenters. The molecule has 2 amide bonds. The summed E-state index contributed by atoms with van der Waals surface area (Å²) in [5.74, 6) is -1.12. The number of rotatable bonds is 4. The van der Waals surface area contributed by atoms with Gasteiger partial charge in [-0.25, -0.2) is 0 Å². The molecule has 0 bridgehead atoms. The number of hydrogen-bond acceptors (Lipinski definition) is 4. The van der Waals surface area contributed by atoms with E-state index >= 15 is 0 Å². The number of hydrogen-bond donors (Lipinski definition) is 1. The van der Waals surface area contributed by atoms with E-state index in [4.69, 9.17) is 0 Å². The van der Waals surface area contributed by atoms with Crippen molar-refractivity contribution in [3.8, 4) is 5.75 Å². The maximum atomic E-state index is 12.7. The molecule has 2 heterocycles. The largest absolute Gasteiger partial charge is 0.573 e. The smallest absolute Gasteiger partial charge is 0.406 e. The van der Waals surface area contributed by atoms with Gasteiger partial charge in [-0.2, -0.15) is 0 Å². The molecule has 2 aromatic carbocycles. The Balaban J connectivity index is 1.46. The summed E-state index contributed by atoms with van der Waals surface area (Å²) in [4.78, 5) is 27.1. The molecule has 0 spiro atoms. The Morgan fingerprint density at radius 2 is 1.93 bits per heavy atom. The summed E-state index contributed by atoms with van der Waals surface area (Å²) in [6, 6.07) is 13.8. The van der Waals surface area contributed by atoms with Gasteiger partial charge in [-0.05, 0) is 36.1 Å². The average Bonchev–Trinajstić information content (AvgIpc) is 3.25. The van der Waals surface area contributed by atoms with Gasteiger partial charge in [0.25, 0.3) is 5.91 Å². The summed E-state index contributed by atoms with van der Waals surface area (Å²) in [7, 11) is 0. The normalized spacial score (nSPS) is 17.0. The van der Waals surface area contributed by atoms with Crippen LogP contribution in [-0.2, 0) is 4.79 Å². The molecule has 0 saturated carbocycles. The zero-order valence-electron chi connectivity index (χ0n) is 14.9. The highest BCUT2D eigenvalue weighted by molar-refractivity contribution is 7.20. The van der Waals surface area contributed by atoms with Crippen LogP contribution in [0, 0.1) is 0 Å². The van der Waals surface area contributed by atoms with E-state index < -0.39 is 18.2 Å². The number of ether oxygens (including phenoxy) is 1. The molecule has 9 heteroatoms. The number of anilines is 1. The fourth-order valence-corrected chi connectivity index (χ4v) is 4.21. The maximum absolute atomic E-state index is 12.7. The third kappa shape index (κ3) is 4.19. The van der Waals surface area contributed by atoms with Crippen molar-refractivity contribution in [1.82, 2.24) is 5.32 Å². The first-order valence-electron chi connectivity index (χ1n) is 8.77. The topological polar surface area (TPSA) is 58.6 Å². The van der Waals surface area contributed by atoms with Gasteiger partial charge in [-0.1, -0.05) is 24.3 Å². The number of amides is 2. The van der Waals surface area contributed by atoms with E-state index in [1.807, 2.05) is 24.3 Å². The molecular formula is C20H15F3N2O3S. The minimum Gasteiger partial charge on any atom is -0.406 e. The number of benzene rings is 2. The number of nitrogens with one attached hydrogen (secondary N) is 1. The summed E-state index contributed by atoms with van der Waals surface area (Å²) in [6.07, 6.45) is -4.45. The zero-order valence-corrected chi connectivity index (χ0v) is 15.7. The van der Waals surface area contributed by atoms with Crippen LogP contribution in [0.2, 0.25) is 0 Å². The number of fused-ring (bicyclic) bond motifs is 1. The van der Waals surface area contributed by atoms with E-state index in [1.54, 1.807) is 6.07 Å². The Labute approximate surface area is 167 Å². The lowest BCUT2D eigenvalue weighted by atomic mass is 10.2. The molecule has 0 radical (unpaired) electrons. The highest BCUT2D eigenvalue weighted by Gasteiger charge is 2.35. The molecule has 4 rings (SSSR count). The number of thiophene rings is 1. The predicted octanol–water partition coefficient (Wildman–Crippen LogP) is 4.34. The Morgan fingerprint density at radius 1 is 1.14 bits per heavy atom. The summed E-state index contributed by atoms with van der Waals surface area (Å²) in [5.41, 5.74) is 0.287. The van der Waals surface area contributed by atoms with Crippen molar-refractivity contribution < 1.29 is 27.5 Å². The number of carbonyl (C=O) groups is 2. The van der Waals surface area contributed by atoms with Gasteiger partial charge in [0.2, 0.25) is 5.91 Å². The first-order valence-corrected chi connectivity index (χ1v) is 9.58. The van der Waals surface area contributed by atoms with Crippen LogP contribution in [0.15, 0.2) is 54.6 Å². The Bertz CT molecular complexity index is 1050. The minimum absolute atomic E-state index is 0.283. The van der Waals surface area contributed by atoms with Crippen molar-refractivity contribution in [1.29, 1.82) is 0 Å². The van der Waals surface area contributed by atoms with Crippen molar-refractivity contribution in [3.63, 3.8) is 0 Å². The molecule has 1 atom stereocenters. The van der Waals surface area contributed by atoms with Gasteiger partial charge >= 0.3 is 6.36 Å². The van der Waals surface area contributed by atoms with Gasteiger partial charge in [0.05, 0.1) is 4.88 Å². The highest BCUT2D eigenvalue weighted by atomic mass is 32.1. The SMILES string of the molecule is O=C(NC1CCN(c2cccc(OC(F)(F)F)c2)C1=O)c1cc2ccccc2s1. The molecule has 29 heavy (non-hydrogen) atoms. The quantitative estimate of drug-likeness (QED) is 0.683. The second-order valence-corrected chi connectivity index (χ2v) is 7.58. The van der Waals surface area contributed by atoms with Crippen LogP contribution in [0.3, 0.4) is 0 Å². The molecule has 0 aliphatic carbocycles. The lowest BCUT2D eigenvalue weighted by Gasteiger charge is -2.18. The molecule has 3 aromatic rings. The summed E-state index contributed by atoms with van der Waals surface area (Å²) >= 11 is 1.33. The standard InChI is InChI=1S/C20H15F3N2O3S/c21-20(22,23)28-14-6-3-5-13(11-14)25-9-8-15(19(25)27)24-18(26)17-10-12-4-1-2-7-16(12)29-17/h1-7,10-11,15H,8-9H2,(H,24,26). The molecule has 1 aliphatic heterocycles. The number of alkyl halides is 3. The predicted molar refractivity (Wildman–Crippen MR) is 103 cm³/mol. The van der Waals surface area contributed by atoms with E-state index in [9.17, 15) is 22.8 Å². The third-order valence-corrected chi connectivity index (χ3v) is 5.64.